The monoisotopic (exact) mass is 490 g/mol. The van der Waals surface area contributed by atoms with Crippen molar-refractivity contribution in [1.82, 2.24) is 24.8 Å². The van der Waals surface area contributed by atoms with Crippen molar-refractivity contribution in [1.29, 1.82) is 0 Å². The summed E-state index contributed by atoms with van der Waals surface area (Å²) in [5, 5.41) is 18.5. The summed E-state index contributed by atoms with van der Waals surface area (Å²) in [6.45, 7) is 11.7. The molecular formula is C29H42N6O. The molecule has 1 aliphatic carbocycles. The maximum atomic E-state index is 10.5. The molecule has 1 aliphatic heterocycles. The molecule has 3 aromatic rings. The van der Waals surface area contributed by atoms with E-state index in [0.29, 0.717) is 18.0 Å². The standard InChI is InChI=1S/C29H42N6O/c1-4-5-21(2)32-28-31-18-25-26(20-35(27(25)33-28)24-10-12-29(3,36)13-11-24)23-8-6-22(7-9-23)19-34-16-14-30-15-17-34/h6-9,18,20-21,24,30,36H,4-5,10-17,19H2,1-3H3,(H,31,32,33)/t21-,24?,29?/m0/s1. The first kappa shape index (κ1) is 25.2. The van der Waals surface area contributed by atoms with Gasteiger partial charge in [-0.05, 0) is 57.1 Å². The van der Waals surface area contributed by atoms with Gasteiger partial charge >= 0.3 is 0 Å². The number of nitrogens with zero attached hydrogens (tertiary/aromatic N) is 4. The lowest BCUT2D eigenvalue weighted by molar-refractivity contribution is 0.0104. The summed E-state index contributed by atoms with van der Waals surface area (Å²) in [5.74, 6) is 0.698. The van der Waals surface area contributed by atoms with Crippen LogP contribution in [0.4, 0.5) is 5.95 Å². The molecule has 0 amide bonds. The molecule has 3 heterocycles. The lowest BCUT2D eigenvalue weighted by Gasteiger charge is -2.34. The van der Waals surface area contributed by atoms with Gasteiger partial charge in [0.05, 0.1) is 5.60 Å². The minimum atomic E-state index is -0.556. The smallest absolute Gasteiger partial charge is 0.224 e. The Morgan fingerprint density at radius 2 is 1.89 bits per heavy atom. The number of aromatic nitrogens is 3. The van der Waals surface area contributed by atoms with E-state index in [4.69, 9.17) is 9.97 Å². The molecule has 2 fully saturated rings. The Kier molecular flexibility index (Phi) is 7.60. The number of piperazine rings is 1. The van der Waals surface area contributed by atoms with Gasteiger partial charge in [-0.3, -0.25) is 4.90 Å². The minimum absolute atomic E-state index is 0.336. The first-order valence-corrected chi connectivity index (χ1v) is 13.8. The highest BCUT2D eigenvalue weighted by Crippen LogP contribution is 2.39. The molecule has 0 radical (unpaired) electrons. The SMILES string of the molecule is CCC[C@H](C)Nc1ncc2c(-c3ccc(CN4CCNCC4)cc3)cn(C3CCC(C)(O)CC3)c2n1. The molecule has 1 saturated carbocycles. The van der Waals surface area contributed by atoms with E-state index in [1.54, 1.807) is 0 Å². The maximum absolute atomic E-state index is 10.5. The van der Waals surface area contributed by atoms with Gasteiger partial charge in [0, 0.05) is 68.2 Å². The zero-order valence-corrected chi connectivity index (χ0v) is 22.1. The molecule has 2 aliphatic rings. The van der Waals surface area contributed by atoms with Crippen molar-refractivity contribution in [3.8, 4) is 11.1 Å². The number of fused-ring (bicyclic) bond motifs is 1. The fraction of sp³-hybridized carbons (Fsp3) is 0.586. The minimum Gasteiger partial charge on any atom is -0.390 e. The number of benzene rings is 1. The Morgan fingerprint density at radius 1 is 1.17 bits per heavy atom. The molecule has 0 spiro atoms. The lowest BCUT2D eigenvalue weighted by atomic mass is 9.83. The zero-order valence-electron chi connectivity index (χ0n) is 22.1. The third-order valence-electron chi connectivity index (χ3n) is 7.98. The summed E-state index contributed by atoms with van der Waals surface area (Å²) in [7, 11) is 0. The zero-order chi connectivity index (χ0) is 25.1. The van der Waals surface area contributed by atoms with E-state index in [2.05, 4.69) is 64.4 Å². The molecule has 2 aromatic heterocycles. The van der Waals surface area contributed by atoms with E-state index < -0.39 is 5.60 Å². The molecule has 1 saturated heterocycles. The van der Waals surface area contributed by atoms with Gasteiger partial charge in [-0.1, -0.05) is 37.6 Å². The van der Waals surface area contributed by atoms with Crippen LogP contribution in [0.3, 0.4) is 0 Å². The second kappa shape index (κ2) is 10.9. The number of rotatable bonds is 8. The topological polar surface area (TPSA) is 78.2 Å². The Morgan fingerprint density at radius 3 is 2.58 bits per heavy atom. The van der Waals surface area contributed by atoms with Crippen molar-refractivity contribution in [2.24, 2.45) is 0 Å². The number of hydrogen-bond acceptors (Lipinski definition) is 6. The van der Waals surface area contributed by atoms with Crippen molar-refractivity contribution in [3.63, 3.8) is 0 Å². The van der Waals surface area contributed by atoms with Crippen LogP contribution in [0.2, 0.25) is 0 Å². The molecule has 7 nitrogen and oxygen atoms in total. The summed E-state index contributed by atoms with van der Waals surface area (Å²) in [6, 6.07) is 9.70. The van der Waals surface area contributed by atoms with Crippen molar-refractivity contribution in [3.05, 3.63) is 42.2 Å². The Bertz CT molecular complexity index is 1140. The molecule has 5 rings (SSSR count). The molecule has 1 atom stereocenters. The third-order valence-corrected chi connectivity index (χ3v) is 7.98. The Hall–Kier alpha value is -2.48. The number of aliphatic hydroxyl groups is 1. The highest BCUT2D eigenvalue weighted by molar-refractivity contribution is 5.94. The van der Waals surface area contributed by atoms with Gasteiger partial charge in [0.25, 0.3) is 0 Å². The summed E-state index contributed by atoms with van der Waals surface area (Å²) >= 11 is 0. The van der Waals surface area contributed by atoms with Crippen LogP contribution in [0, 0.1) is 0 Å². The average Bonchev–Trinajstić information content (AvgIpc) is 3.24. The Balaban J connectivity index is 1.45. The quantitative estimate of drug-likeness (QED) is 0.414. The predicted molar refractivity (Wildman–Crippen MR) is 147 cm³/mol. The van der Waals surface area contributed by atoms with Gasteiger partial charge in [0.1, 0.15) is 5.65 Å². The first-order chi connectivity index (χ1) is 17.4. The van der Waals surface area contributed by atoms with E-state index in [-0.39, 0.29) is 0 Å². The second-order valence-electron chi connectivity index (χ2n) is 11.2. The highest BCUT2D eigenvalue weighted by Gasteiger charge is 2.31. The second-order valence-corrected chi connectivity index (χ2v) is 11.2. The largest absolute Gasteiger partial charge is 0.390 e. The van der Waals surface area contributed by atoms with Crippen molar-refractivity contribution in [2.75, 3.05) is 31.5 Å². The molecule has 0 unspecified atom stereocenters. The highest BCUT2D eigenvalue weighted by atomic mass is 16.3. The van der Waals surface area contributed by atoms with E-state index in [1.165, 1.54) is 16.7 Å². The van der Waals surface area contributed by atoms with Gasteiger partial charge in [-0.2, -0.15) is 4.98 Å². The molecule has 194 valence electrons. The van der Waals surface area contributed by atoms with Gasteiger partial charge in [-0.25, -0.2) is 4.98 Å². The van der Waals surface area contributed by atoms with Crippen LogP contribution in [0.15, 0.2) is 36.7 Å². The van der Waals surface area contributed by atoms with Crippen LogP contribution in [0.5, 0.6) is 0 Å². The number of anilines is 1. The van der Waals surface area contributed by atoms with Gasteiger partial charge < -0.3 is 20.3 Å². The van der Waals surface area contributed by atoms with Crippen molar-refractivity contribution < 1.29 is 5.11 Å². The molecular weight excluding hydrogens is 448 g/mol. The molecule has 0 bridgehead atoms. The normalized spacial score (nSPS) is 24.2. The van der Waals surface area contributed by atoms with Gasteiger partial charge in [0.15, 0.2) is 0 Å². The van der Waals surface area contributed by atoms with Crippen LogP contribution >= 0.6 is 0 Å². The summed E-state index contributed by atoms with van der Waals surface area (Å²) in [6.07, 6.45) is 10.0. The first-order valence-electron chi connectivity index (χ1n) is 13.8. The number of hydrogen-bond donors (Lipinski definition) is 3. The molecule has 36 heavy (non-hydrogen) atoms. The molecule has 7 heteroatoms. The maximum Gasteiger partial charge on any atom is 0.224 e. The predicted octanol–water partition coefficient (Wildman–Crippen LogP) is 4.97. The van der Waals surface area contributed by atoms with Gasteiger partial charge in [0.2, 0.25) is 5.95 Å². The summed E-state index contributed by atoms with van der Waals surface area (Å²) < 4.78 is 2.35. The van der Waals surface area contributed by atoms with Crippen LogP contribution in [0.1, 0.15) is 70.9 Å². The van der Waals surface area contributed by atoms with Crippen molar-refractivity contribution >= 4 is 17.0 Å². The lowest BCUT2D eigenvalue weighted by Crippen LogP contribution is -2.42. The van der Waals surface area contributed by atoms with E-state index in [9.17, 15) is 5.11 Å². The number of nitrogens with one attached hydrogen (secondary N) is 2. The van der Waals surface area contributed by atoms with E-state index in [0.717, 1.165) is 82.3 Å². The van der Waals surface area contributed by atoms with Crippen molar-refractivity contribution in [2.45, 2.75) is 83.5 Å². The fourth-order valence-electron chi connectivity index (χ4n) is 5.75. The van der Waals surface area contributed by atoms with Crippen LogP contribution in [-0.4, -0.2) is 62.4 Å². The van der Waals surface area contributed by atoms with Crippen LogP contribution in [-0.2, 0) is 6.54 Å². The van der Waals surface area contributed by atoms with E-state index >= 15 is 0 Å². The molecule has 1 aromatic carbocycles. The molecule has 3 N–H and O–H groups in total. The van der Waals surface area contributed by atoms with Crippen LogP contribution in [0.25, 0.3) is 22.2 Å². The van der Waals surface area contributed by atoms with Crippen LogP contribution < -0.4 is 10.6 Å². The third kappa shape index (κ3) is 5.74. The summed E-state index contributed by atoms with van der Waals surface area (Å²) in [5.41, 5.74) is 4.17. The Labute approximate surface area is 215 Å². The van der Waals surface area contributed by atoms with E-state index in [1.807, 2.05) is 13.1 Å². The fourth-order valence-corrected chi connectivity index (χ4v) is 5.75. The van der Waals surface area contributed by atoms with Gasteiger partial charge in [-0.15, -0.1) is 0 Å². The summed E-state index contributed by atoms with van der Waals surface area (Å²) in [4.78, 5) is 12.2. The average molecular weight is 491 g/mol.